The van der Waals surface area contributed by atoms with Gasteiger partial charge in [0.05, 0.1) is 10.9 Å². The van der Waals surface area contributed by atoms with Gasteiger partial charge in [0.1, 0.15) is 5.82 Å². The summed E-state index contributed by atoms with van der Waals surface area (Å²) in [4.78, 5) is 12.9. The molecule has 1 N–H and O–H groups in total. The predicted molar refractivity (Wildman–Crippen MR) is 110 cm³/mol. The molecule has 0 bridgehead atoms. The molecule has 156 valence electrons. The number of nitrogens with zero attached hydrogens (tertiary/aromatic N) is 1. The lowest BCUT2D eigenvalue weighted by atomic mass is 9.94. The first-order valence-corrected chi connectivity index (χ1v) is 11.4. The molecule has 0 unspecified atom stereocenters. The quantitative estimate of drug-likeness (QED) is 0.776. The fourth-order valence-electron chi connectivity index (χ4n) is 3.78. The van der Waals surface area contributed by atoms with Crippen LogP contribution in [0, 0.1) is 18.7 Å². The summed E-state index contributed by atoms with van der Waals surface area (Å²) in [5, 5.41) is 3.14. The van der Waals surface area contributed by atoms with Crippen LogP contribution >= 0.6 is 0 Å². The Morgan fingerprint density at radius 1 is 1.14 bits per heavy atom. The molecular weight excluding hydrogens is 391 g/mol. The Morgan fingerprint density at radius 3 is 2.34 bits per heavy atom. The van der Waals surface area contributed by atoms with Crippen molar-refractivity contribution in [2.24, 2.45) is 5.92 Å². The first-order chi connectivity index (χ1) is 13.8. The molecule has 1 amide bonds. The van der Waals surface area contributed by atoms with Crippen molar-refractivity contribution in [3.63, 3.8) is 0 Å². The van der Waals surface area contributed by atoms with Crippen LogP contribution in [0.25, 0.3) is 0 Å². The standard InChI is InChI=1S/C22H27FN2O3S/c1-3-21(20-7-5-4-6-16(20)2)24-22(26)17-12-14-25(15-13-17)29(27,28)19-10-8-18(23)9-11-19/h4-11,17,21H,3,12-15H2,1-2H3,(H,24,26)/t21-/m0/s1. The zero-order valence-corrected chi connectivity index (χ0v) is 17.6. The van der Waals surface area contributed by atoms with E-state index in [-0.39, 0.29) is 35.9 Å². The number of aryl methyl sites for hydroxylation is 1. The highest BCUT2D eigenvalue weighted by atomic mass is 32.2. The number of piperidine rings is 1. The van der Waals surface area contributed by atoms with Gasteiger partial charge in [-0.15, -0.1) is 0 Å². The van der Waals surface area contributed by atoms with Crippen LogP contribution < -0.4 is 5.32 Å². The lowest BCUT2D eigenvalue weighted by Crippen LogP contribution is -2.43. The van der Waals surface area contributed by atoms with Gasteiger partial charge in [0.15, 0.2) is 0 Å². The number of nitrogens with one attached hydrogen (secondary N) is 1. The molecule has 0 radical (unpaired) electrons. The van der Waals surface area contributed by atoms with Crippen molar-refractivity contribution in [1.82, 2.24) is 9.62 Å². The van der Waals surface area contributed by atoms with Gasteiger partial charge < -0.3 is 5.32 Å². The van der Waals surface area contributed by atoms with Crippen molar-refractivity contribution in [3.05, 3.63) is 65.5 Å². The molecule has 1 fully saturated rings. The molecule has 5 nitrogen and oxygen atoms in total. The van der Waals surface area contributed by atoms with Gasteiger partial charge in [0.25, 0.3) is 0 Å². The molecule has 0 aliphatic carbocycles. The molecule has 1 aliphatic heterocycles. The molecule has 1 saturated heterocycles. The van der Waals surface area contributed by atoms with E-state index in [0.717, 1.165) is 29.7 Å². The van der Waals surface area contributed by atoms with Gasteiger partial charge in [0, 0.05) is 19.0 Å². The van der Waals surface area contributed by atoms with E-state index in [1.807, 2.05) is 38.1 Å². The van der Waals surface area contributed by atoms with E-state index in [1.54, 1.807) is 0 Å². The van der Waals surface area contributed by atoms with Crippen molar-refractivity contribution >= 4 is 15.9 Å². The van der Waals surface area contributed by atoms with Crippen molar-refractivity contribution in [3.8, 4) is 0 Å². The third kappa shape index (κ3) is 4.85. The van der Waals surface area contributed by atoms with Crippen LogP contribution in [0.15, 0.2) is 53.4 Å². The summed E-state index contributed by atoms with van der Waals surface area (Å²) in [5.74, 6) is -0.717. The Kier molecular flexibility index (Phi) is 6.70. The van der Waals surface area contributed by atoms with E-state index in [2.05, 4.69) is 5.32 Å². The average molecular weight is 419 g/mol. The molecule has 0 saturated carbocycles. The Hall–Kier alpha value is -2.25. The Bertz CT molecular complexity index is 952. The molecule has 0 aromatic heterocycles. The number of hydrogen-bond acceptors (Lipinski definition) is 3. The second kappa shape index (κ2) is 9.05. The van der Waals surface area contributed by atoms with Crippen LogP contribution in [0.3, 0.4) is 0 Å². The Balaban J connectivity index is 1.62. The van der Waals surface area contributed by atoms with Crippen molar-refractivity contribution in [1.29, 1.82) is 0 Å². The number of amides is 1. The van der Waals surface area contributed by atoms with Gasteiger partial charge in [-0.05, 0) is 61.6 Å². The van der Waals surface area contributed by atoms with E-state index in [1.165, 1.54) is 16.4 Å². The molecule has 1 aliphatic rings. The molecule has 0 spiro atoms. The van der Waals surface area contributed by atoms with Crippen molar-refractivity contribution in [2.45, 2.75) is 44.0 Å². The summed E-state index contributed by atoms with van der Waals surface area (Å²) in [7, 11) is -3.67. The molecule has 2 aromatic carbocycles. The van der Waals surface area contributed by atoms with Crippen LogP contribution in [0.5, 0.6) is 0 Å². The number of rotatable bonds is 6. The van der Waals surface area contributed by atoms with Crippen LogP contribution in [-0.4, -0.2) is 31.7 Å². The fourth-order valence-corrected chi connectivity index (χ4v) is 5.25. The van der Waals surface area contributed by atoms with E-state index in [0.29, 0.717) is 12.8 Å². The number of carbonyl (C=O) groups excluding carboxylic acids is 1. The number of hydrogen-bond donors (Lipinski definition) is 1. The van der Waals surface area contributed by atoms with E-state index >= 15 is 0 Å². The molecule has 7 heteroatoms. The summed E-state index contributed by atoms with van der Waals surface area (Å²) in [6.45, 7) is 4.62. The summed E-state index contributed by atoms with van der Waals surface area (Å²) < 4.78 is 39.9. The largest absolute Gasteiger partial charge is 0.349 e. The predicted octanol–water partition coefficient (Wildman–Crippen LogP) is 3.80. The van der Waals surface area contributed by atoms with Gasteiger partial charge in [-0.25, -0.2) is 12.8 Å². The first kappa shape index (κ1) is 21.5. The van der Waals surface area contributed by atoms with Gasteiger partial charge in [-0.3, -0.25) is 4.79 Å². The maximum absolute atomic E-state index is 13.1. The third-order valence-corrected chi connectivity index (χ3v) is 7.48. The third-order valence-electron chi connectivity index (χ3n) is 5.56. The minimum atomic E-state index is -3.67. The molecule has 2 aromatic rings. The van der Waals surface area contributed by atoms with Gasteiger partial charge in [-0.1, -0.05) is 31.2 Å². The highest BCUT2D eigenvalue weighted by Crippen LogP contribution is 2.26. The monoisotopic (exact) mass is 418 g/mol. The van der Waals surface area contributed by atoms with E-state index in [4.69, 9.17) is 0 Å². The highest BCUT2D eigenvalue weighted by Gasteiger charge is 2.32. The van der Waals surface area contributed by atoms with Crippen molar-refractivity contribution in [2.75, 3.05) is 13.1 Å². The second-order valence-corrected chi connectivity index (χ2v) is 9.40. The normalized spacial score (nSPS) is 17.1. The molecule has 3 rings (SSSR count). The molecular formula is C22H27FN2O3S. The minimum absolute atomic E-state index is 0.0288. The van der Waals surface area contributed by atoms with Crippen molar-refractivity contribution < 1.29 is 17.6 Å². The SMILES string of the molecule is CC[C@H](NC(=O)C1CCN(S(=O)(=O)c2ccc(F)cc2)CC1)c1ccccc1C. The first-order valence-electron chi connectivity index (χ1n) is 9.94. The lowest BCUT2D eigenvalue weighted by Gasteiger charge is -2.31. The van der Waals surface area contributed by atoms with Crippen LogP contribution in [0.1, 0.15) is 43.4 Å². The van der Waals surface area contributed by atoms with Crippen LogP contribution in [0.4, 0.5) is 4.39 Å². The summed E-state index contributed by atoms with van der Waals surface area (Å²) in [6.07, 6.45) is 1.72. The number of benzene rings is 2. The lowest BCUT2D eigenvalue weighted by molar-refractivity contribution is -0.126. The summed E-state index contributed by atoms with van der Waals surface area (Å²) >= 11 is 0. The minimum Gasteiger partial charge on any atom is -0.349 e. The van der Waals surface area contributed by atoms with E-state index < -0.39 is 15.8 Å². The molecule has 1 atom stereocenters. The smallest absolute Gasteiger partial charge is 0.243 e. The van der Waals surface area contributed by atoms with Gasteiger partial charge in [-0.2, -0.15) is 4.31 Å². The maximum atomic E-state index is 13.1. The zero-order chi connectivity index (χ0) is 21.0. The second-order valence-electron chi connectivity index (χ2n) is 7.46. The number of sulfonamides is 1. The van der Waals surface area contributed by atoms with Gasteiger partial charge >= 0.3 is 0 Å². The molecule has 1 heterocycles. The van der Waals surface area contributed by atoms with Crippen LogP contribution in [-0.2, 0) is 14.8 Å². The number of halogens is 1. The molecule has 29 heavy (non-hydrogen) atoms. The topological polar surface area (TPSA) is 66.5 Å². The highest BCUT2D eigenvalue weighted by molar-refractivity contribution is 7.89. The maximum Gasteiger partial charge on any atom is 0.243 e. The Morgan fingerprint density at radius 2 is 1.76 bits per heavy atom. The summed E-state index contributed by atoms with van der Waals surface area (Å²) in [6, 6.07) is 12.8. The fraction of sp³-hybridized carbons (Fsp3) is 0.409. The zero-order valence-electron chi connectivity index (χ0n) is 16.8. The summed E-state index contributed by atoms with van der Waals surface area (Å²) in [5.41, 5.74) is 2.25. The van der Waals surface area contributed by atoms with Gasteiger partial charge in [0.2, 0.25) is 15.9 Å². The average Bonchev–Trinajstić information content (AvgIpc) is 2.73. The van der Waals surface area contributed by atoms with E-state index in [9.17, 15) is 17.6 Å². The Labute approximate surface area is 172 Å². The number of carbonyl (C=O) groups is 1. The van der Waals surface area contributed by atoms with Crippen LogP contribution in [0.2, 0.25) is 0 Å².